The highest BCUT2D eigenvalue weighted by atomic mass is 35.5. The number of aromatic nitrogens is 2. The van der Waals surface area contributed by atoms with Crippen molar-refractivity contribution in [1.82, 2.24) is 9.97 Å². The molecule has 1 atom stereocenters. The van der Waals surface area contributed by atoms with Crippen LogP contribution in [0.2, 0.25) is 0 Å². The van der Waals surface area contributed by atoms with Gasteiger partial charge < -0.3 is 10.5 Å². The molecule has 1 fully saturated rings. The minimum atomic E-state index is 0. The van der Waals surface area contributed by atoms with E-state index in [1.807, 2.05) is 12.4 Å². The fraction of sp³-hybridized carbons (Fsp3) is 0.636. The Kier molecular flexibility index (Phi) is 5.66. The molecule has 1 unspecified atom stereocenters. The van der Waals surface area contributed by atoms with Crippen molar-refractivity contribution in [3.63, 3.8) is 0 Å². The SMILES string of the molecule is Cl.NCCc1ncc(C2CCCCO2)cn1. The van der Waals surface area contributed by atoms with Gasteiger partial charge in [-0.15, -0.1) is 12.4 Å². The maximum Gasteiger partial charge on any atom is 0.129 e. The van der Waals surface area contributed by atoms with E-state index in [-0.39, 0.29) is 18.5 Å². The lowest BCUT2D eigenvalue weighted by atomic mass is 10.0. The highest BCUT2D eigenvalue weighted by Gasteiger charge is 2.16. The van der Waals surface area contributed by atoms with E-state index in [0.29, 0.717) is 6.54 Å². The highest BCUT2D eigenvalue weighted by Crippen LogP contribution is 2.26. The van der Waals surface area contributed by atoms with Gasteiger partial charge in [0.25, 0.3) is 0 Å². The molecule has 0 aromatic carbocycles. The van der Waals surface area contributed by atoms with Crippen LogP contribution in [0.1, 0.15) is 36.8 Å². The lowest BCUT2D eigenvalue weighted by Gasteiger charge is -2.22. The first-order valence-electron chi connectivity index (χ1n) is 5.52. The Bertz CT molecular complexity index is 299. The summed E-state index contributed by atoms with van der Waals surface area (Å²) in [6, 6.07) is 0. The van der Waals surface area contributed by atoms with Gasteiger partial charge in [-0.3, -0.25) is 0 Å². The minimum absolute atomic E-state index is 0. The summed E-state index contributed by atoms with van der Waals surface area (Å²) in [6.45, 7) is 1.45. The number of rotatable bonds is 3. The van der Waals surface area contributed by atoms with Crippen molar-refractivity contribution in [3.05, 3.63) is 23.8 Å². The van der Waals surface area contributed by atoms with Gasteiger partial charge in [0.05, 0.1) is 6.10 Å². The lowest BCUT2D eigenvalue weighted by molar-refractivity contribution is 0.0145. The first-order valence-corrected chi connectivity index (χ1v) is 5.52. The first kappa shape index (κ1) is 13.4. The zero-order chi connectivity index (χ0) is 10.5. The van der Waals surface area contributed by atoms with Gasteiger partial charge in [0.1, 0.15) is 5.82 Å². The van der Waals surface area contributed by atoms with Crippen LogP contribution in [0.4, 0.5) is 0 Å². The van der Waals surface area contributed by atoms with Crippen LogP contribution >= 0.6 is 12.4 Å². The Balaban J connectivity index is 0.00000128. The van der Waals surface area contributed by atoms with E-state index in [0.717, 1.165) is 30.8 Å². The zero-order valence-corrected chi connectivity index (χ0v) is 10.1. The van der Waals surface area contributed by atoms with E-state index in [2.05, 4.69) is 9.97 Å². The summed E-state index contributed by atoms with van der Waals surface area (Å²) in [5.41, 5.74) is 6.53. The van der Waals surface area contributed by atoms with Crippen LogP contribution in [0, 0.1) is 0 Å². The molecular weight excluding hydrogens is 226 g/mol. The molecule has 0 bridgehead atoms. The van der Waals surface area contributed by atoms with Crippen molar-refractivity contribution in [2.75, 3.05) is 13.2 Å². The smallest absolute Gasteiger partial charge is 0.129 e. The molecule has 1 aromatic rings. The Labute approximate surface area is 102 Å². The third-order valence-electron chi connectivity index (χ3n) is 2.64. The van der Waals surface area contributed by atoms with E-state index in [1.165, 1.54) is 12.8 Å². The van der Waals surface area contributed by atoms with Crippen molar-refractivity contribution in [2.45, 2.75) is 31.8 Å². The zero-order valence-electron chi connectivity index (χ0n) is 9.26. The van der Waals surface area contributed by atoms with Crippen LogP contribution in [0.25, 0.3) is 0 Å². The third kappa shape index (κ3) is 3.40. The second-order valence-corrected chi connectivity index (χ2v) is 3.83. The number of halogens is 1. The number of hydrogen-bond acceptors (Lipinski definition) is 4. The molecule has 5 heteroatoms. The van der Waals surface area contributed by atoms with Crippen LogP contribution in [-0.4, -0.2) is 23.1 Å². The maximum absolute atomic E-state index is 5.66. The molecule has 90 valence electrons. The average molecular weight is 244 g/mol. The third-order valence-corrected chi connectivity index (χ3v) is 2.64. The molecule has 1 saturated heterocycles. The van der Waals surface area contributed by atoms with Crippen molar-refractivity contribution in [3.8, 4) is 0 Å². The quantitative estimate of drug-likeness (QED) is 0.877. The van der Waals surface area contributed by atoms with Crippen molar-refractivity contribution < 1.29 is 4.74 Å². The second-order valence-electron chi connectivity index (χ2n) is 3.83. The fourth-order valence-electron chi connectivity index (χ4n) is 1.79. The molecule has 0 aliphatic carbocycles. The van der Waals surface area contributed by atoms with Crippen LogP contribution in [0.5, 0.6) is 0 Å². The molecule has 0 saturated carbocycles. The van der Waals surface area contributed by atoms with E-state index >= 15 is 0 Å². The highest BCUT2D eigenvalue weighted by molar-refractivity contribution is 5.85. The van der Waals surface area contributed by atoms with E-state index < -0.39 is 0 Å². The van der Waals surface area contributed by atoms with Gasteiger partial charge in [-0.1, -0.05) is 0 Å². The fourth-order valence-corrected chi connectivity index (χ4v) is 1.79. The van der Waals surface area contributed by atoms with Gasteiger partial charge in [-0.05, 0) is 25.8 Å². The number of nitrogens with two attached hydrogens (primary N) is 1. The van der Waals surface area contributed by atoms with Crippen LogP contribution in [-0.2, 0) is 11.2 Å². The van der Waals surface area contributed by atoms with Gasteiger partial charge in [-0.2, -0.15) is 0 Å². The molecule has 4 nitrogen and oxygen atoms in total. The van der Waals surface area contributed by atoms with Gasteiger partial charge >= 0.3 is 0 Å². The van der Waals surface area contributed by atoms with Gasteiger partial charge in [0.2, 0.25) is 0 Å². The van der Waals surface area contributed by atoms with Crippen LogP contribution in [0.3, 0.4) is 0 Å². The number of nitrogens with zero attached hydrogens (tertiary/aromatic N) is 2. The van der Waals surface area contributed by atoms with Crippen LogP contribution in [0.15, 0.2) is 12.4 Å². The average Bonchev–Trinajstić information content (AvgIpc) is 2.32. The Morgan fingerprint density at radius 1 is 1.31 bits per heavy atom. The van der Waals surface area contributed by atoms with Crippen molar-refractivity contribution in [2.24, 2.45) is 5.73 Å². The molecule has 1 aliphatic rings. The van der Waals surface area contributed by atoms with E-state index in [9.17, 15) is 0 Å². The van der Waals surface area contributed by atoms with E-state index in [1.54, 1.807) is 0 Å². The summed E-state index contributed by atoms with van der Waals surface area (Å²) in [4.78, 5) is 8.55. The van der Waals surface area contributed by atoms with Gasteiger partial charge in [-0.25, -0.2) is 9.97 Å². The summed E-state index contributed by atoms with van der Waals surface area (Å²) >= 11 is 0. The molecule has 2 N–H and O–H groups in total. The summed E-state index contributed by atoms with van der Waals surface area (Å²) in [5.74, 6) is 0.817. The van der Waals surface area contributed by atoms with E-state index in [4.69, 9.17) is 10.5 Å². The second kappa shape index (κ2) is 6.78. The molecule has 1 aromatic heterocycles. The number of ether oxygens (including phenoxy) is 1. The van der Waals surface area contributed by atoms with Crippen LogP contribution < -0.4 is 5.73 Å². The summed E-state index contributed by atoms with van der Waals surface area (Å²) < 4.78 is 5.66. The molecule has 0 amide bonds. The minimum Gasteiger partial charge on any atom is -0.373 e. The topological polar surface area (TPSA) is 61.0 Å². The summed E-state index contributed by atoms with van der Waals surface area (Å²) in [6.07, 6.45) is 8.16. The molecule has 16 heavy (non-hydrogen) atoms. The normalized spacial score (nSPS) is 20.2. The predicted octanol–water partition coefficient (Wildman–Crippen LogP) is 1.64. The monoisotopic (exact) mass is 243 g/mol. The summed E-state index contributed by atoms with van der Waals surface area (Å²) in [7, 11) is 0. The van der Waals surface area contributed by atoms with Gasteiger partial charge in [0.15, 0.2) is 0 Å². The van der Waals surface area contributed by atoms with Crippen molar-refractivity contribution >= 4 is 12.4 Å². The maximum atomic E-state index is 5.66. The Hall–Kier alpha value is -0.710. The lowest BCUT2D eigenvalue weighted by Crippen LogP contribution is -2.13. The molecule has 2 heterocycles. The molecular formula is C11H18ClN3O. The van der Waals surface area contributed by atoms with Crippen molar-refractivity contribution in [1.29, 1.82) is 0 Å². The first-order chi connectivity index (χ1) is 7.40. The Morgan fingerprint density at radius 2 is 2.06 bits per heavy atom. The summed E-state index contributed by atoms with van der Waals surface area (Å²) in [5, 5.41) is 0. The Morgan fingerprint density at radius 3 is 2.62 bits per heavy atom. The molecule has 1 aliphatic heterocycles. The standard InChI is InChI=1S/C11H17N3O.ClH/c12-5-4-11-13-7-9(8-14-11)10-3-1-2-6-15-10;/h7-8,10H,1-6,12H2;1H. The predicted molar refractivity (Wildman–Crippen MR) is 64.6 cm³/mol. The molecule has 2 rings (SSSR count). The molecule has 0 radical (unpaired) electrons. The van der Waals surface area contributed by atoms with Gasteiger partial charge in [0, 0.05) is 31.0 Å². The largest absolute Gasteiger partial charge is 0.373 e. The molecule has 0 spiro atoms. The number of hydrogen-bond donors (Lipinski definition) is 1.